The largest absolute Gasteiger partial charge is 0.548 e. The van der Waals surface area contributed by atoms with Gasteiger partial charge >= 0.3 is 6.09 Å². The summed E-state index contributed by atoms with van der Waals surface area (Å²) in [6.07, 6.45) is -0.611. The van der Waals surface area contributed by atoms with E-state index < -0.39 is 23.7 Å². The second-order valence-electron chi connectivity index (χ2n) is 5.21. The molecule has 1 rings (SSSR count). The van der Waals surface area contributed by atoms with Crippen molar-refractivity contribution in [1.82, 2.24) is 5.32 Å². The van der Waals surface area contributed by atoms with Crippen LogP contribution in [0.25, 0.3) is 0 Å². The number of hydrogen-bond donors (Lipinski definition) is 1. The first-order valence-electron chi connectivity index (χ1n) is 6.02. The lowest BCUT2D eigenvalue weighted by Crippen LogP contribution is -2.50. The summed E-state index contributed by atoms with van der Waals surface area (Å²) in [5.41, 5.74) is 0.126. The van der Waals surface area contributed by atoms with E-state index in [1.54, 1.807) is 45.0 Å². The number of carbonyl (C=O) groups excluding carboxylic acids is 2. The highest BCUT2D eigenvalue weighted by Gasteiger charge is 2.20. The Hall–Kier alpha value is -2.04. The first kappa shape index (κ1) is 15.0. The molecule has 0 fully saturated rings. The van der Waals surface area contributed by atoms with Crippen LogP contribution in [0, 0.1) is 0 Å². The van der Waals surface area contributed by atoms with Gasteiger partial charge in [-0.25, -0.2) is 4.79 Å². The van der Waals surface area contributed by atoms with Gasteiger partial charge in [0.1, 0.15) is 5.60 Å². The molecule has 1 unspecified atom stereocenters. The molecule has 0 bridgehead atoms. The number of carboxylic acid groups (broad SMARTS) is 1. The van der Waals surface area contributed by atoms with E-state index in [0.717, 1.165) is 5.56 Å². The fraction of sp³-hybridized carbons (Fsp3) is 0.429. The van der Waals surface area contributed by atoms with Gasteiger partial charge in [0, 0.05) is 0 Å². The van der Waals surface area contributed by atoms with Crippen LogP contribution in [0.2, 0.25) is 0 Å². The monoisotopic (exact) mass is 264 g/mol. The lowest BCUT2D eigenvalue weighted by Gasteiger charge is -2.24. The third-order valence-corrected chi connectivity index (χ3v) is 2.26. The molecule has 0 aliphatic heterocycles. The van der Waals surface area contributed by atoms with Crippen LogP contribution in [0.3, 0.4) is 0 Å². The predicted molar refractivity (Wildman–Crippen MR) is 68.3 cm³/mol. The zero-order valence-electron chi connectivity index (χ0n) is 11.3. The van der Waals surface area contributed by atoms with Crippen LogP contribution in [0.5, 0.6) is 0 Å². The third-order valence-electron chi connectivity index (χ3n) is 2.26. The van der Waals surface area contributed by atoms with Crippen molar-refractivity contribution in [3.05, 3.63) is 35.9 Å². The number of carbonyl (C=O) groups is 2. The van der Waals surface area contributed by atoms with E-state index in [4.69, 9.17) is 4.74 Å². The Morgan fingerprint density at radius 1 is 1.26 bits per heavy atom. The minimum absolute atomic E-state index is 0.155. The summed E-state index contributed by atoms with van der Waals surface area (Å²) >= 11 is 0. The molecule has 1 amide bonds. The quantitative estimate of drug-likeness (QED) is 0.875. The normalized spacial score (nSPS) is 12.6. The maximum atomic E-state index is 11.5. The molecule has 1 N–H and O–H groups in total. The molecular formula is C14H18NO4-. The van der Waals surface area contributed by atoms with E-state index >= 15 is 0 Å². The number of nitrogens with one attached hydrogen (secondary N) is 1. The van der Waals surface area contributed by atoms with Crippen molar-refractivity contribution in [2.24, 2.45) is 0 Å². The molecule has 104 valence electrons. The summed E-state index contributed by atoms with van der Waals surface area (Å²) in [7, 11) is 0. The number of ether oxygens (including phenoxy) is 1. The van der Waals surface area contributed by atoms with Gasteiger partial charge in [0.2, 0.25) is 0 Å². The summed E-state index contributed by atoms with van der Waals surface area (Å²) < 4.78 is 5.01. The molecule has 19 heavy (non-hydrogen) atoms. The molecule has 0 aliphatic rings. The number of carboxylic acids is 1. The lowest BCUT2D eigenvalue weighted by atomic mass is 10.1. The average Bonchev–Trinajstić information content (AvgIpc) is 2.26. The average molecular weight is 264 g/mol. The number of aliphatic carboxylic acids is 1. The van der Waals surface area contributed by atoms with Crippen molar-refractivity contribution in [1.29, 1.82) is 0 Å². The Balaban J connectivity index is 2.64. The van der Waals surface area contributed by atoms with Crippen molar-refractivity contribution in [3.8, 4) is 0 Å². The van der Waals surface area contributed by atoms with Gasteiger partial charge in [-0.3, -0.25) is 0 Å². The van der Waals surface area contributed by atoms with Crippen LogP contribution in [-0.4, -0.2) is 23.7 Å². The molecule has 5 nitrogen and oxygen atoms in total. The fourth-order valence-corrected chi connectivity index (χ4v) is 1.49. The number of amides is 1. The minimum atomic E-state index is -1.34. The van der Waals surface area contributed by atoms with Crippen LogP contribution in [0.15, 0.2) is 30.3 Å². The number of benzene rings is 1. The Bertz CT molecular complexity index is 437. The van der Waals surface area contributed by atoms with Crippen LogP contribution >= 0.6 is 0 Å². The number of alkyl carbamates (subject to hydrolysis) is 1. The van der Waals surface area contributed by atoms with Gasteiger partial charge in [-0.15, -0.1) is 0 Å². The second-order valence-corrected chi connectivity index (χ2v) is 5.21. The lowest BCUT2D eigenvalue weighted by molar-refractivity contribution is -0.308. The van der Waals surface area contributed by atoms with Crippen molar-refractivity contribution in [2.45, 2.75) is 38.8 Å². The predicted octanol–water partition coefficient (Wildman–Crippen LogP) is 0.872. The van der Waals surface area contributed by atoms with Gasteiger partial charge in [0.05, 0.1) is 12.0 Å². The van der Waals surface area contributed by atoms with Crippen molar-refractivity contribution >= 4 is 12.1 Å². The number of hydrogen-bond acceptors (Lipinski definition) is 4. The standard InChI is InChI=1S/C14H19NO4/c1-14(2,3)19-13(18)15-11(12(16)17)9-10-7-5-4-6-8-10/h4-8,11H,9H2,1-3H3,(H,15,18)(H,16,17)/p-1. The zero-order chi connectivity index (χ0) is 14.5. The van der Waals surface area contributed by atoms with E-state index in [-0.39, 0.29) is 6.42 Å². The molecule has 0 saturated heterocycles. The van der Waals surface area contributed by atoms with Gasteiger partial charge in [0.25, 0.3) is 0 Å². The molecule has 1 aromatic carbocycles. The highest BCUT2D eigenvalue weighted by Crippen LogP contribution is 2.08. The maximum absolute atomic E-state index is 11.5. The fourth-order valence-electron chi connectivity index (χ4n) is 1.49. The smallest absolute Gasteiger partial charge is 0.408 e. The molecule has 0 aromatic heterocycles. The van der Waals surface area contributed by atoms with Crippen LogP contribution in [-0.2, 0) is 16.0 Å². The van der Waals surface area contributed by atoms with Crippen molar-refractivity contribution in [3.63, 3.8) is 0 Å². The molecule has 0 saturated carbocycles. The molecule has 5 heteroatoms. The van der Waals surface area contributed by atoms with Crippen LogP contribution < -0.4 is 10.4 Å². The van der Waals surface area contributed by atoms with Crippen molar-refractivity contribution in [2.75, 3.05) is 0 Å². The molecule has 1 aromatic rings. The van der Waals surface area contributed by atoms with E-state index in [1.165, 1.54) is 0 Å². The van der Waals surface area contributed by atoms with Crippen LogP contribution in [0.1, 0.15) is 26.3 Å². The van der Waals surface area contributed by atoms with Gasteiger partial charge < -0.3 is 20.0 Å². The summed E-state index contributed by atoms with van der Waals surface area (Å²) in [5.74, 6) is -1.34. The Morgan fingerprint density at radius 2 is 1.84 bits per heavy atom. The highest BCUT2D eigenvalue weighted by atomic mass is 16.6. The SMILES string of the molecule is CC(C)(C)OC(=O)NC(Cc1ccccc1)C(=O)[O-]. The summed E-state index contributed by atoms with van der Waals surface area (Å²) in [6.45, 7) is 5.12. The van der Waals surface area contributed by atoms with Gasteiger partial charge in [-0.05, 0) is 32.8 Å². The Labute approximate surface area is 112 Å². The number of rotatable bonds is 4. The van der Waals surface area contributed by atoms with E-state index in [1.807, 2.05) is 6.07 Å². The molecule has 0 radical (unpaired) electrons. The summed E-state index contributed by atoms with van der Waals surface area (Å²) in [5, 5.41) is 13.3. The molecule has 0 aliphatic carbocycles. The van der Waals surface area contributed by atoms with E-state index in [0.29, 0.717) is 0 Å². The molecular weight excluding hydrogens is 246 g/mol. The molecule has 0 heterocycles. The molecule has 1 atom stereocenters. The van der Waals surface area contributed by atoms with Crippen molar-refractivity contribution < 1.29 is 19.4 Å². The second kappa shape index (κ2) is 6.22. The van der Waals surface area contributed by atoms with E-state index in [9.17, 15) is 14.7 Å². The van der Waals surface area contributed by atoms with Gasteiger partial charge in [-0.1, -0.05) is 30.3 Å². The first-order valence-corrected chi connectivity index (χ1v) is 6.02. The topological polar surface area (TPSA) is 78.5 Å². The third kappa shape index (κ3) is 5.90. The Morgan fingerprint density at radius 3 is 2.32 bits per heavy atom. The summed E-state index contributed by atoms with van der Waals surface area (Å²) in [4.78, 5) is 22.6. The first-order chi connectivity index (χ1) is 8.78. The van der Waals surface area contributed by atoms with Gasteiger partial charge in [-0.2, -0.15) is 0 Å². The van der Waals surface area contributed by atoms with Gasteiger partial charge in [0.15, 0.2) is 0 Å². The highest BCUT2D eigenvalue weighted by molar-refractivity contribution is 5.79. The van der Waals surface area contributed by atoms with E-state index in [2.05, 4.69) is 5.32 Å². The molecule has 0 spiro atoms. The zero-order valence-corrected chi connectivity index (χ0v) is 11.3. The maximum Gasteiger partial charge on any atom is 0.408 e. The van der Waals surface area contributed by atoms with Crippen LogP contribution in [0.4, 0.5) is 4.79 Å². The Kier molecular flexibility index (Phi) is 4.92. The minimum Gasteiger partial charge on any atom is -0.548 e. The summed E-state index contributed by atoms with van der Waals surface area (Å²) in [6, 6.07) is 7.89.